The van der Waals surface area contributed by atoms with E-state index in [0.29, 0.717) is 6.04 Å². The number of hydrogen-bond acceptors (Lipinski definition) is 3. The lowest BCUT2D eigenvalue weighted by atomic mass is 9.88. The van der Waals surface area contributed by atoms with Crippen LogP contribution in [0, 0.1) is 0 Å². The van der Waals surface area contributed by atoms with E-state index in [1.807, 2.05) is 6.20 Å². The number of rotatable bonds is 1. The molecule has 2 heterocycles. The van der Waals surface area contributed by atoms with Gasteiger partial charge in [0.05, 0.1) is 0 Å². The summed E-state index contributed by atoms with van der Waals surface area (Å²) in [6, 6.07) is 2.83. The Morgan fingerprint density at radius 3 is 2.88 bits per heavy atom. The molecule has 3 heteroatoms. The van der Waals surface area contributed by atoms with Gasteiger partial charge in [0.25, 0.3) is 0 Å². The summed E-state index contributed by atoms with van der Waals surface area (Å²) in [5, 5.41) is 0. The van der Waals surface area contributed by atoms with Gasteiger partial charge in [0.15, 0.2) is 0 Å². The minimum absolute atomic E-state index is 0.626. The van der Waals surface area contributed by atoms with Gasteiger partial charge in [-0.3, -0.25) is 9.88 Å². The molecule has 92 valence electrons. The second kappa shape index (κ2) is 4.75. The van der Waals surface area contributed by atoms with E-state index in [4.69, 9.17) is 0 Å². The van der Waals surface area contributed by atoms with Crippen LogP contribution in [0.3, 0.4) is 0 Å². The van der Waals surface area contributed by atoms with Crippen LogP contribution in [-0.2, 0) is 6.42 Å². The van der Waals surface area contributed by atoms with Crippen LogP contribution >= 0.6 is 0 Å². The normalized spacial score (nSPS) is 26.8. The van der Waals surface area contributed by atoms with Gasteiger partial charge in [0.2, 0.25) is 0 Å². The summed E-state index contributed by atoms with van der Waals surface area (Å²) < 4.78 is 0. The van der Waals surface area contributed by atoms with Crippen LogP contribution in [0.5, 0.6) is 0 Å². The summed E-state index contributed by atoms with van der Waals surface area (Å²) in [6.07, 6.45) is 7.90. The lowest BCUT2D eigenvalue weighted by Crippen LogP contribution is -2.46. The van der Waals surface area contributed by atoms with Crippen LogP contribution in [0.25, 0.3) is 0 Å². The summed E-state index contributed by atoms with van der Waals surface area (Å²) in [4.78, 5) is 9.39. The molecule has 1 aliphatic carbocycles. The number of nitrogens with zero attached hydrogens (tertiary/aromatic N) is 3. The van der Waals surface area contributed by atoms with Crippen molar-refractivity contribution in [2.24, 2.45) is 0 Å². The van der Waals surface area contributed by atoms with Gasteiger partial charge in [0.1, 0.15) is 0 Å². The third-order valence-corrected chi connectivity index (χ3v) is 4.21. The summed E-state index contributed by atoms with van der Waals surface area (Å²) in [7, 11) is 2.22. The molecule has 1 atom stereocenters. The molecule has 17 heavy (non-hydrogen) atoms. The van der Waals surface area contributed by atoms with E-state index in [9.17, 15) is 0 Å². The zero-order valence-corrected chi connectivity index (χ0v) is 10.6. The van der Waals surface area contributed by atoms with Crippen LogP contribution < -0.4 is 0 Å². The average Bonchev–Trinajstić information content (AvgIpc) is 2.39. The number of likely N-dealkylation sites (N-methyl/N-ethyl adjacent to an activating group) is 1. The summed E-state index contributed by atoms with van der Waals surface area (Å²) in [5.74, 6) is 0. The van der Waals surface area contributed by atoms with Crippen LogP contribution in [-0.4, -0.2) is 48.0 Å². The highest BCUT2D eigenvalue weighted by Gasteiger charge is 2.27. The van der Waals surface area contributed by atoms with Gasteiger partial charge in [0, 0.05) is 44.6 Å². The molecule has 2 aliphatic rings. The number of pyridine rings is 1. The highest BCUT2D eigenvalue weighted by molar-refractivity contribution is 5.29. The summed E-state index contributed by atoms with van der Waals surface area (Å²) >= 11 is 0. The average molecular weight is 231 g/mol. The molecule has 0 saturated carbocycles. The first kappa shape index (κ1) is 11.2. The molecule has 1 aromatic rings. The smallest absolute Gasteiger partial charge is 0.0367 e. The fourth-order valence-corrected chi connectivity index (χ4v) is 3.12. The monoisotopic (exact) mass is 231 g/mol. The van der Waals surface area contributed by atoms with Crippen LogP contribution in [0.1, 0.15) is 30.0 Å². The minimum atomic E-state index is 0.626. The first-order chi connectivity index (χ1) is 8.34. The number of fused-ring (bicyclic) bond motifs is 1. The Morgan fingerprint density at radius 1 is 1.24 bits per heavy atom. The zero-order valence-electron chi connectivity index (χ0n) is 10.6. The molecule has 3 nitrogen and oxygen atoms in total. The Bertz CT molecular complexity index is 383. The third kappa shape index (κ3) is 2.22. The van der Waals surface area contributed by atoms with E-state index in [0.717, 1.165) is 0 Å². The Kier molecular flexibility index (Phi) is 3.12. The minimum Gasteiger partial charge on any atom is -0.304 e. The summed E-state index contributed by atoms with van der Waals surface area (Å²) in [6.45, 7) is 4.81. The second-order valence-electron chi connectivity index (χ2n) is 5.32. The number of piperazine rings is 1. The van der Waals surface area contributed by atoms with Gasteiger partial charge >= 0.3 is 0 Å². The maximum Gasteiger partial charge on any atom is 0.0367 e. The van der Waals surface area contributed by atoms with Crippen LogP contribution in [0.2, 0.25) is 0 Å². The fourth-order valence-electron chi connectivity index (χ4n) is 3.12. The number of hydrogen-bond donors (Lipinski definition) is 0. The highest BCUT2D eigenvalue weighted by atomic mass is 15.3. The zero-order chi connectivity index (χ0) is 11.7. The molecule has 1 aromatic heterocycles. The van der Waals surface area contributed by atoms with Gasteiger partial charge in [-0.25, -0.2) is 0 Å². The van der Waals surface area contributed by atoms with E-state index in [-0.39, 0.29) is 0 Å². The second-order valence-corrected chi connectivity index (χ2v) is 5.32. The van der Waals surface area contributed by atoms with Crippen LogP contribution in [0.15, 0.2) is 18.5 Å². The molecule has 0 bridgehead atoms. The van der Waals surface area contributed by atoms with Crippen molar-refractivity contribution in [3.05, 3.63) is 29.6 Å². The molecular weight excluding hydrogens is 210 g/mol. The topological polar surface area (TPSA) is 19.4 Å². The molecular formula is C14H21N3. The van der Waals surface area contributed by atoms with Gasteiger partial charge in [-0.1, -0.05) is 0 Å². The van der Waals surface area contributed by atoms with Gasteiger partial charge in [-0.05, 0) is 43.5 Å². The lowest BCUT2D eigenvalue weighted by Gasteiger charge is -2.40. The predicted octanol–water partition coefficient (Wildman–Crippen LogP) is 1.71. The van der Waals surface area contributed by atoms with E-state index >= 15 is 0 Å². The first-order valence-corrected chi connectivity index (χ1v) is 6.70. The van der Waals surface area contributed by atoms with Gasteiger partial charge in [-0.15, -0.1) is 0 Å². The van der Waals surface area contributed by atoms with Gasteiger partial charge in [-0.2, -0.15) is 0 Å². The molecule has 0 spiro atoms. The molecule has 1 aliphatic heterocycles. The van der Waals surface area contributed by atoms with Crippen molar-refractivity contribution < 1.29 is 0 Å². The van der Waals surface area contributed by atoms with Gasteiger partial charge < -0.3 is 4.90 Å². The van der Waals surface area contributed by atoms with Crippen molar-refractivity contribution in [2.45, 2.75) is 25.3 Å². The molecule has 0 aromatic carbocycles. The molecule has 0 radical (unpaired) electrons. The third-order valence-electron chi connectivity index (χ3n) is 4.21. The highest BCUT2D eigenvalue weighted by Crippen LogP contribution is 2.33. The standard InChI is InChI=1S/C14H21N3/c1-16-7-9-17(10-8-16)14-4-2-3-12-5-6-15-11-13(12)14/h5-6,11,14H,2-4,7-10H2,1H3. The van der Waals surface area contributed by atoms with E-state index in [1.165, 1.54) is 56.6 Å². The molecule has 3 rings (SSSR count). The Hall–Kier alpha value is -0.930. The van der Waals surface area contributed by atoms with Crippen LogP contribution in [0.4, 0.5) is 0 Å². The number of aromatic nitrogens is 1. The largest absolute Gasteiger partial charge is 0.304 e. The lowest BCUT2D eigenvalue weighted by molar-refractivity contribution is 0.102. The molecule has 1 fully saturated rings. The number of aryl methyl sites for hydroxylation is 1. The maximum absolute atomic E-state index is 4.32. The molecule has 1 unspecified atom stereocenters. The molecule has 0 amide bonds. The van der Waals surface area contributed by atoms with E-state index in [1.54, 1.807) is 0 Å². The van der Waals surface area contributed by atoms with Crippen molar-refractivity contribution in [3.63, 3.8) is 0 Å². The van der Waals surface area contributed by atoms with Crippen molar-refractivity contribution in [1.82, 2.24) is 14.8 Å². The van der Waals surface area contributed by atoms with E-state index in [2.05, 4.69) is 34.1 Å². The quantitative estimate of drug-likeness (QED) is 0.733. The predicted molar refractivity (Wildman–Crippen MR) is 69.0 cm³/mol. The SMILES string of the molecule is CN1CCN(C2CCCc3ccncc32)CC1. The van der Waals surface area contributed by atoms with Crippen molar-refractivity contribution >= 4 is 0 Å². The Labute approximate surface area is 103 Å². The summed E-state index contributed by atoms with van der Waals surface area (Å²) in [5.41, 5.74) is 3.01. The molecule has 1 saturated heterocycles. The van der Waals surface area contributed by atoms with Crippen molar-refractivity contribution in [2.75, 3.05) is 33.2 Å². The van der Waals surface area contributed by atoms with Crippen molar-refractivity contribution in [3.8, 4) is 0 Å². The fraction of sp³-hybridized carbons (Fsp3) is 0.643. The maximum atomic E-state index is 4.32. The van der Waals surface area contributed by atoms with Crippen molar-refractivity contribution in [1.29, 1.82) is 0 Å². The van der Waals surface area contributed by atoms with E-state index < -0.39 is 0 Å². The molecule has 0 N–H and O–H groups in total. The first-order valence-electron chi connectivity index (χ1n) is 6.70. The Balaban J connectivity index is 1.80. The Morgan fingerprint density at radius 2 is 2.06 bits per heavy atom.